The number of para-hydroxylation sites is 1. The monoisotopic (exact) mass is 285 g/mol. The Hall–Kier alpha value is -1.07. The lowest BCUT2D eigenvalue weighted by Crippen LogP contribution is -2.20. The third kappa shape index (κ3) is 5.20. The van der Waals surface area contributed by atoms with Gasteiger partial charge >= 0.3 is 0 Å². The van der Waals surface area contributed by atoms with E-state index in [9.17, 15) is 8.42 Å². The Balaban J connectivity index is 2.77. The highest BCUT2D eigenvalue weighted by atomic mass is 32.2. The molecule has 0 fully saturated rings. The van der Waals surface area contributed by atoms with Crippen LogP contribution in [0.25, 0.3) is 0 Å². The van der Waals surface area contributed by atoms with Gasteiger partial charge < -0.3 is 10.5 Å². The number of hydrogen-bond acceptors (Lipinski definition) is 4. The van der Waals surface area contributed by atoms with Gasteiger partial charge in [0.1, 0.15) is 12.4 Å². The summed E-state index contributed by atoms with van der Waals surface area (Å²) >= 11 is 0. The van der Waals surface area contributed by atoms with Crippen molar-refractivity contribution in [3.63, 3.8) is 0 Å². The Labute approximate surface area is 115 Å². The first-order valence-electron chi connectivity index (χ1n) is 6.53. The fraction of sp³-hybridized carbons (Fsp3) is 0.571. The van der Waals surface area contributed by atoms with Gasteiger partial charge in [0.05, 0.1) is 5.75 Å². The number of rotatable bonds is 7. The van der Waals surface area contributed by atoms with Crippen molar-refractivity contribution in [3.8, 4) is 5.75 Å². The van der Waals surface area contributed by atoms with E-state index >= 15 is 0 Å². The second kappa shape index (κ2) is 6.91. The van der Waals surface area contributed by atoms with Gasteiger partial charge in [0.25, 0.3) is 0 Å². The summed E-state index contributed by atoms with van der Waals surface area (Å²) < 4.78 is 28.5. The van der Waals surface area contributed by atoms with Gasteiger partial charge in [0, 0.05) is 11.8 Å². The van der Waals surface area contributed by atoms with Crippen molar-refractivity contribution in [1.82, 2.24) is 0 Å². The molecule has 4 nitrogen and oxygen atoms in total. The van der Waals surface area contributed by atoms with E-state index in [0.29, 0.717) is 0 Å². The fourth-order valence-electron chi connectivity index (χ4n) is 1.84. The van der Waals surface area contributed by atoms with Gasteiger partial charge in [0.2, 0.25) is 0 Å². The Morgan fingerprint density at radius 1 is 1.37 bits per heavy atom. The van der Waals surface area contributed by atoms with E-state index < -0.39 is 9.84 Å². The molecule has 0 spiro atoms. The van der Waals surface area contributed by atoms with Crippen molar-refractivity contribution in [1.29, 1.82) is 0 Å². The van der Waals surface area contributed by atoms with Gasteiger partial charge in [-0.3, -0.25) is 0 Å². The van der Waals surface area contributed by atoms with Crippen LogP contribution in [0.1, 0.15) is 25.0 Å². The molecular formula is C14H23NO3S. The minimum Gasteiger partial charge on any atom is -0.492 e. The topological polar surface area (TPSA) is 69.4 Å². The van der Waals surface area contributed by atoms with Crippen LogP contribution < -0.4 is 10.5 Å². The van der Waals surface area contributed by atoms with Crippen LogP contribution in [0.5, 0.6) is 5.75 Å². The van der Waals surface area contributed by atoms with E-state index in [1.165, 1.54) is 0 Å². The molecule has 0 radical (unpaired) electrons. The summed E-state index contributed by atoms with van der Waals surface area (Å²) in [4.78, 5) is 0. The van der Waals surface area contributed by atoms with E-state index in [2.05, 4.69) is 0 Å². The second-order valence-corrected chi connectivity index (χ2v) is 7.30. The number of benzene rings is 1. The average molecular weight is 285 g/mol. The quantitative estimate of drug-likeness (QED) is 0.828. The van der Waals surface area contributed by atoms with Crippen LogP contribution in [0.4, 0.5) is 0 Å². The predicted octanol–water partition coefficient (Wildman–Crippen LogP) is 1.70. The average Bonchev–Trinajstić information content (AvgIpc) is 2.32. The minimum atomic E-state index is -2.99. The molecule has 19 heavy (non-hydrogen) atoms. The molecule has 1 unspecified atom stereocenters. The number of nitrogens with two attached hydrogens (primary N) is 1. The van der Waals surface area contributed by atoms with Crippen molar-refractivity contribution in [2.24, 2.45) is 5.73 Å². The third-order valence-electron chi connectivity index (χ3n) is 2.92. The molecule has 1 rings (SSSR count). The molecule has 0 saturated heterocycles. The number of hydrogen-bond donors (Lipinski definition) is 1. The van der Waals surface area contributed by atoms with Gasteiger partial charge in [-0.2, -0.15) is 0 Å². The highest BCUT2D eigenvalue weighted by Gasteiger charge is 2.11. The van der Waals surface area contributed by atoms with Crippen LogP contribution in [-0.2, 0) is 16.3 Å². The van der Waals surface area contributed by atoms with Crippen LogP contribution in [0.15, 0.2) is 18.2 Å². The Morgan fingerprint density at radius 3 is 2.63 bits per heavy atom. The summed E-state index contributed by atoms with van der Waals surface area (Å²) in [7, 11) is -2.99. The van der Waals surface area contributed by atoms with E-state index in [0.717, 1.165) is 23.3 Å². The predicted molar refractivity (Wildman–Crippen MR) is 78.4 cm³/mol. The zero-order valence-electron chi connectivity index (χ0n) is 11.8. The second-order valence-electron chi connectivity index (χ2n) is 4.83. The van der Waals surface area contributed by atoms with E-state index in [4.69, 9.17) is 10.5 Å². The summed E-state index contributed by atoms with van der Waals surface area (Å²) in [5.74, 6) is 0.970. The molecule has 0 heterocycles. The van der Waals surface area contributed by atoms with Crippen molar-refractivity contribution in [2.45, 2.75) is 33.2 Å². The van der Waals surface area contributed by atoms with E-state index in [-0.39, 0.29) is 24.2 Å². The molecule has 0 amide bonds. The van der Waals surface area contributed by atoms with Crippen LogP contribution in [0.2, 0.25) is 0 Å². The molecule has 1 atom stereocenters. The molecule has 0 aliphatic heterocycles. The highest BCUT2D eigenvalue weighted by Crippen LogP contribution is 2.24. The molecular weight excluding hydrogens is 262 g/mol. The van der Waals surface area contributed by atoms with Gasteiger partial charge in [-0.15, -0.1) is 0 Å². The smallest absolute Gasteiger partial charge is 0.153 e. The molecule has 0 aromatic heterocycles. The normalized spacial score (nSPS) is 13.3. The summed E-state index contributed by atoms with van der Waals surface area (Å²) in [5, 5.41) is 0. The van der Waals surface area contributed by atoms with Gasteiger partial charge in [0.15, 0.2) is 9.84 Å². The maximum Gasteiger partial charge on any atom is 0.153 e. The van der Waals surface area contributed by atoms with Crippen LogP contribution in [0, 0.1) is 6.92 Å². The molecule has 0 aliphatic rings. The van der Waals surface area contributed by atoms with Gasteiger partial charge in [-0.05, 0) is 31.4 Å². The minimum absolute atomic E-state index is 0.0449. The Bertz CT molecular complexity index is 509. The molecule has 2 N–H and O–H groups in total. The molecule has 5 heteroatoms. The van der Waals surface area contributed by atoms with Crippen molar-refractivity contribution >= 4 is 9.84 Å². The standard InChI is InChI=1S/C14H23NO3S/c1-4-19(16,17)9-8-18-14-11(2)6-5-7-13(14)10-12(3)15/h5-7,12H,4,8-10,15H2,1-3H3. The first-order chi connectivity index (χ1) is 8.85. The summed E-state index contributed by atoms with van der Waals surface area (Å²) in [6.07, 6.45) is 0.720. The zero-order valence-corrected chi connectivity index (χ0v) is 12.7. The first kappa shape index (κ1) is 16.0. The molecule has 108 valence electrons. The number of sulfone groups is 1. The fourth-order valence-corrected chi connectivity index (χ4v) is 2.47. The van der Waals surface area contributed by atoms with Crippen molar-refractivity contribution < 1.29 is 13.2 Å². The largest absolute Gasteiger partial charge is 0.492 e. The SMILES string of the molecule is CCS(=O)(=O)CCOc1c(C)cccc1CC(C)N. The summed E-state index contributed by atoms with van der Waals surface area (Å²) in [6, 6.07) is 5.93. The molecule has 0 bridgehead atoms. The number of ether oxygens (including phenoxy) is 1. The molecule has 0 saturated carbocycles. The Morgan fingerprint density at radius 2 is 2.05 bits per heavy atom. The van der Waals surface area contributed by atoms with Crippen molar-refractivity contribution in [3.05, 3.63) is 29.3 Å². The van der Waals surface area contributed by atoms with E-state index in [1.54, 1.807) is 6.92 Å². The van der Waals surface area contributed by atoms with Crippen LogP contribution >= 0.6 is 0 Å². The Kier molecular flexibility index (Phi) is 5.82. The lowest BCUT2D eigenvalue weighted by molar-refractivity contribution is 0.334. The summed E-state index contributed by atoms with van der Waals surface area (Å²) in [6.45, 7) is 5.72. The summed E-state index contributed by atoms with van der Waals surface area (Å²) in [5.41, 5.74) is 7.85. The maximum absolute atomic E-state index is 11.4. The number of aryl methyl sites for hydroxylation is 1. The third-order valence-corrected chi connectivity index (χ3v) is 4.58. The van der Waals surface area contributed by atoms with Crippen molar-refractivity contribution in [2.75, 3.05) is 18.1 Å². The molecule has 1 aromatic rings. The lowest BCUT2D eigenvalue weighted by atomic mass is 10.0. The van der Waals surface area contributed by atoms with E-state index in [1.807, 2.05) is 32.0 Å². The van der Waals surface area contributed by atoms with Gasteiger partial charge in [-0.1, -0.05) is 25.1 Å². The first-order valence-corrected chi connectivity index (χ1v) is 8.35. The molecule has 0 aliphatic carbocycles. The van der Waals surface area contributed by atoms with Crippen LogP contribution in [-0.4, -0.2) is 32.6 Å². The maximum atomic E-state index is 11.4. The highest BCUT2D eigenvalue weighted by molar-refractivity contribution is 7.91. The van der Waals surface area contributed by atoms with Crippen LogP contribution in [0.3, 0.4) is 0 Å². The van der Waals surface area contributed by atoms with Gasteiger partial charge in [-0.25, -0.2) is 8.42 Å². The molecule has 1 aromatic carbocycles. The lowest BCUT2D eigenvalue weighted by Gasteiger charge is -2.15. The zero-order chi connectivity index (χ0) is 14.5.